The summed E-state index contributed by atoms with van der Waals surface area (Å²) in [5, 5.41) is 9.14. The Morgan fingerprint density at radius 3 is 2.67 bits per heavy atom. The van der Waals surface area contributed by atoms with Crippen molar-refractivity contribution in [3.63, 3.8) is 0 Å². The summed E-state index contributed by atoms with van der Waals surface area (Å²) in [6.07, 6.45) is 0.520. The molecule has 0 bridgehead atoms. The Hall–Kier alpha value is -2.11. The van der Waals surface area contributed by atoms with E-state index in [-0.39, 0.29) is 19.1 Å². The van der Waals surface area contributed by atoms with Crippen molar-refractivity contribution in [2.24, 2.45) is 5.92 Å². The fraction of sp³-hybridized carbons (Fsp3) is 0.417. The molecule has 6 heteroatoms. The van der Waals surface area contributed by atoms with Crippen LogP contribution in [-0.4, -0.2) is 24.3 Å². The molecule has 98 valence electrons. The molecule has 0 aliphatic rings. The second-order valence-electron chi connectivity index (χ2n) is 3.92. The summed E-state index contributed by atoms with van der Waals surface area (Å²) in [6, 6.07) is 8.66. The molecule has 0 saturated carbocycles. The standard InChI is InChI=1S/C12H15NO5/c1-10(9-18-13(15)16)7-8-17-12(14)11-5-3-2-4-6-11/h2-6,10H,7-9H2,1H3. The van der Waals surface area contributed by atoms with Crippen LogP contribution in [-0.2, 0) is 9.57 Å². The number of carbonyl (C=O) groups is 1. The van der Waals surface area contributed by atoms with E-state index in [0.29, 0.717) is 12.0 Å². The van der Waals surface area contributed by atoms with Gasteiger partial charge in [-0.15, -0.1) is 10.1 Å². The van der Waals surface area contributed by atoms with Crippen LogP contribution in [0.25, 0.3) is 0 Å². The first-order valence-corrected chi connectivity index (χ1v) is 5.59. The predicted octanol–water partition coefficient (Wildman–Crippen LogP) is 2.08. The van der Waals surface area contributed by atoms with Crippen molar-refractivity contribution < 1.29 is 19.5 Å². The van der Waals surface area contributed by atoms with Gasteiger partial charge in [0, 0.05) is 0 Å². The smallest absolute Gasteiger partial charge is 0.338 e. The zero-order valence-electron chi connectivity index (χ0n) is 10.1. The number of benzene rings is 1. The maximum Gasteiger partial charge on any atom is 0.338 e. The van der Waals surface area contributed by atoms with Gasteiger partial charge >= 0.3 is 5.97 Å². The van der Waals surface area contributed by atoms with Crippen LogP contribution in [0, 0.1) is 16.0 Å². The summed E-state index contributed by atoms with van der Waals surface area (Å²) >= 11 is 0. The zero-order chi connectivity index (χ0) is 13.4. The van der Waals surface area contributed by atoms with Crippen molar-refractivity contribution in [1.82, 2.24) is 0 Å². The molecule has 0 aliphatic heterocycles. The van der Waals surface area contributed by atoms with Crippen molar-refractivity contribution in [3.05, 3.63) is 46.0 Å². The molecule has 0 saturated heterocycles. The van der Waals surface area contributed by atoms with E-state index in [1.807, 2.05) is 6.07 Å². The number of carbonyl (C=O) groups excluding carboxylic acids is 1. The average molecular weight is 253 g/mol. The van der Waals surface area contributed by atoms with Gasteiger partial charge in [0.15, 0.2) is 0 Å². The van der Waals surface area contributed by atoms with Crippen LogP contribution in [0.5, 0.6) is 0 Å². The SMILES string of the molecule is CC(CCOC(=O)c1ccccc1)CO[N+](=O)[O-]. The summed E-state index contributed by atoms with van der Waals surface area (Å²) < 4.78 is 5.04. The van der Waals surface area contributed by atoms with Crippen LogP contribution in [0.1, 0.15) is 23.7 Å². The number of rotatable bonds is 7. The summed E-state index contributed by atoms with van der Waals surface area (Å²) in [5.74, 6) is -0.433. The van der Waals surface area contributed by atoms with Crippen molar-refractivity contribution in [3.8, 4) is 0 Å². The maximum atomic E-state index is 11.5. The lowest BCUT2D eigenvalue weighted by Crippen LogP contribution is -2.14. The lowest BCUT2D eigenvalue weighted by atomic mass is 10.1. The predicted molar refractivity (Wildman–Crippen MR) is 63.5 cm³/mol. The van der Waals surface area contributed by atoms with E-state index in [1.165, 1.54) is 0 Å². The highest BCUT2D eigenvalue weighted by Crippen LogP contribution is 2.05. The largest absolute Gasteiger partial charge is 0.462 e. The first kappa shape index (κ1) is 14.0. The Morgan fingerprint density at radius 1 is 1.39 bits per heavy atom. The van der Waals surface area contributed by atoms with Gasteiger partial charge in [0.2, 0.25) is 0 Å². The topological polar surface area (TPSA) is 78.7 Å². The number of hydrogen-bond acceptors (Lipinski definition) is 5. The van der Waals surface area contributed by atoms with Crippen LogP contribution in [0.3, 0.4) is 0 Å². The molecular weight excluding hydrogens is 238 g/mol. The highest BCUT2D eigenvalue weighted by atomic mass is 16.9. The molecule has 1 aromatic carbocycles. The van der Waals surface area contributed by atoms with Gasteiger partial charge < -0.3 is 9.57 Å². The quantitative estimate of drug-likeness (QED) is 0.422. The molecule has 0 fully saturated rings. The van der Waals surface area contributed by atoms with Gasteiger partial charge in [-0.1, -0.05) is 25.1 Å². The number of ether oxygens (including phenoxy) is 1. The molecule has 0 heterocycles. The number of nitrogens with zero attached hydrogens (tertiary/aromatic N) is 1. The fourth-order valence-electron chi connectivity index (χ4n) is 1.28. The van der Waals surface area contributed by atoms with Gasteiger partial charge in [0.1, 0.15) is 0 Å². The van der Waals surface area contributed by atoms with E-state index in [1.54, 1.807) is 31.2 Å². The molecule has 0 spiro atoms. The van der Waals surface area contributed by atoms with Crippen molar-refractivity contribution in [2.75, 3.05) is 13.2 Å². The van der Waals surface area contributed by atoms with Gasteiger partial charge in [-0.3, -0.25) is 0 Å². The first-order chi connectivity index (χ1) is 8.59. The van der Waals surface area contributed by atoms with Crippen LogP contribution in [0.2, 0.25) is 0 Å². The lowest BCUT2D eigenvalue weighted by molar-refractivity contribution is -0.759. The summed E-state index contributed by atoms with van der Waals surface area (Å²) in [4.78, 5) is 25.7. The molecule has 0 radical (unpaired) electrons. The van der Waals surface area contributed by atoms with Gasteiger partial charge in [-0.25, -0.2) is 4.79 Å². The summed E-state index contributed by atoms with van der Waals surface area (Å²) in [5.41, 5.74) is 0.492. The number of hydrogen-bond donors (Lipinski definition) is 0. The average Bonchev–Trinajstić information content (AvgIpc) is 2.37. The van der Waals surface area contributed by atoms with Crippen molar-refractivity contribution in [2.45, 2.75) is 13.3 Å². The Kier molecular flexibility index (Phi) is 5.63. The molecule has 1 rings (SSSR count). The minimum Gasteiger partial charge on any atom is -0.462 e. The molecule has 0 N–H and O–H groups in total. The Labute approximate surface area is 105 Å². The Bertz CT molecular complexity index is 393. The van der Waals surface area contributed by atoms with E-state index >= 15 is 0 Å². The van der Waals surface area contributed by atoms with E-state index in [4.69, 9.17) is 4.74 Å². The molecule has 0 aliphatic carbocycles. The first-order valence-electron chi connectivity index (χ1n) is 5.59. The zero-order valence-corrected chi connectivity index (χ0v) is 10.1. The van der Waals surface area contributed by atoms with E-state index in [2.05, 4.69) is 4.84 Å². The third-order valence-corrected chi connectivity index (χ3v) is 2.32. The third-order valence-electron chi connectivity index (χ3n) is 2.32. The molecule has 0 aromatic heterocycles. The molecule has 1 aromatic rings. The van der Waals surface area contributed by atoms with E-state index in [0.717, 1.165) is 0 Å². The monoisotopic (exact) mass is 253 g/mol. The highest BCUT2D eigenvalue weighted by molar-refractivity contribution is 5.89. The summed E-state index contributed by atoms with van der Waals surface area (Å²) in [6.45, 7) is 2.02. The van der Waals surface area contributed by atoms with Crippen molar-refractivity contribution >= 4 is 5.97 Å². The Morgan fingerprint density at radius 2 is 2.06 bits per heavy atom. The third kappa shape index (κ3) is 5.29. The fourth-order valence-corrected chi connectivity index (χ4v) is 1.28. The van der Waals surface area contributed by atoms with Crippen LogP contribution >= 0.6 is 0 Å². The van der Waals surface area contributed by atoms with Crippen LogP contribution in [0.15, 0.2) is 30.3 Å². The van der Waals surface area contributed by atoms with Gasteiger partial charge in [-0.2, -0.15) is 0 Å². The van der Waals surface area contributed by atoms with Gasteiger partial charge in [0.25, 0.3) is 5.09 Å². The normalized spacial score (nSPS) is 11.6. The second kappa shape index (κ2) is 7.26. The number of esters is 1. The molecule has 1 unspecified atom stereocenters. The maximum absolute atomic E-state index is 11.5. The second-order valence-corrected chi connectivity index (χ2v) is 3.92. The molecular formula is C12H15NO5. The van der Waals surface area contributed by atoms with Gasteiger partial charge in [0.05, 0.1) is 18.8 Å². The van der Waals surface area contributed by atoms with Crippen molar-refractivity contribution in [1.29, 1.82) is 0 Å². The van der Waals surface area contributed by atoms with E-state index < -0.39 is 11.1 Å². The van der Waals surface area contributed by atoms with Crippen LogP contribution < -0.4 is 0 Å². The minimum atomic E-state index is -0.827. The molecule has 6 nitrogen and oxygen atoms in total. The highest BCUT2D eigenvalue weighted by Gasteiger charge is 2.09. The molecule has 0 amide bonds. The van der Waals surface area contributed by atoms with E-state index in [9.17, 15) is 14.9 Å². The Balaban J connectivity index is 2.21. The van der Waals surface area contributed by atoms with Crippen LogP contribution in [0.4, 0.5) is 0 Å². The molecule has 1 atom stereocenters. The van der Waals surface area contributed by atoms with Gasteiger partial charge in [-0.05, 0) is 24.5 Å². The summed E-state index contributed by atoms with van der Waals surface area (Å²) in [7, 11) is 0. The molecule has 18 heavy (non-hydrogen) atoms. The lowest BCUT2D eigenvalue weighted by Gasteiger charge is -2.10. The minimum absolute atomic E-state index is 0.00981.